The zero-order valence-electron chi connectivity index (χ0n) is 11.8. The molecule has 1 amide bonds. The van der Waals surface area contributed by atoms with Gasteiger partial charge in [0.05, 0.1) is 12.0 Å². The van der Waals surface area contributed by atoms with Crippen LogP contribution < -0.4 is 14.8 Å². The predicted octanol–water partition coefficient (Wildman–Crippen LogP) is 2.04. The number of thioether (sulfide) groups is 1. The Kier molecular flexibility index (Phi) is 5.04. The molecular weight excluding hydrogens is 326 g/mol. The van der Waals surface area contributed by atoms with Crippen molar-refractivity contribution in [3.8, 4) is 11.5 Å². The first-order valence-corrected chi connectivity index (χ1v) is 7.45. The second kappa shape index (κ2) is 6.80. The van der Waals surface area contributed by atoms with Crippen molar-refractivity contribution in [2.45, 2.75) is 13.0 Å². The number of hydrogen-bond acceptors (Lipinski definition) is 6. The van der Waals surface area contributed by atoms with Crippen LogP contribution in [0.25, 0.3) is 6.08 Å². The van der Waals surface area contributed by atoms with Crippen LogP contribution >= 0.6 is 24.0 Å². The highest BCUT2D eigenvalue weighted by Gasteiger charge is 2.22. The van der Waals surface area contributed by atoms with Crippen LogP contribution in [0.5, 0.6) is 11.5 Å². The SMILES string of the molecule is COc1cc(/C=C2/SC(=S)NC2=O)ccc1O[C@@H](C)C(=O)O. The fraction of sp³-hybridized carbons (Fsp3) is 0.214. The number of amides is 1. The van der Waals surface area contributed by atoms with Crippen LogP contribution in [0.1, 0.15) is 12.5 Å². The van der Waals surface area contributed by atoms with Gasteiger partial charge in [-0.1, -0.05) is 30.0 Å². The summed E-state index contributed by atoms with van der Waals surface area (Å²) < 4.78 is 10.9. The summed E-state index contributed by atoms with van der Waals surface area (Å²) in [6.07, 6.45) is 0.679. The summed E-state index contributed by atoms with van der Waals surface area (Å²) in [5, 5.41) is 11.4. The number of carbonyl (C=O) groups is 2. The second-order valence-electron chi connectivity index (χ2n) is 4.36. The van der Waals surface area contributed by atoms with Gasteiger partial charge in [-0.3, -0.25) is 4.79 Å². The molecule has 1 saturated heterocycles. The molecule has 0 radical (unpaired) electrons. The van der Waals surface area contributed by atoms with Gasteiger partial charge < -0.3 is 19.9 Å². The molecule has 0 unspecified atom stereocenters. The Morgan fingerprint density at radius 3 is 2.73 bits per heavy atom. The molecule has 1 aromatic rings. The van der Waals surface area contributed by atoms with Gasteiger partial charge in [-0.15, -0.1) is 0 Å². The van der Waals surface area contributed by atoms with Crippen LogP contribution in [0.3, 0.4) is 0 Å². The molecule has 2 N–H and O–H groups in total. The topological polar surface area (TPSA) is 84.9 Å². The van der Waals surface area contributed by atoms with Crippen LogP contribution in [0, 0.1) is 0 Å². The third-order valence-corrected chi connectivity index (χ3v) is 3.94. The molecule has 1 aliphatic heterocycles. The largest absolute Gasteiger partial charge is 0.493 e. The fourth-order valence-corrected chi connectivity index (χ4v) is 2.73. The quantitative estimate of drug-likeness (QED) is 0.627. The summed E-state index contributed by atoms with van der Waals surface area (Å²) in [6, 6.07) is 4.96. The number of aliphatic carboxylic acids is 1. The van der Waals surface area contributed by atoms with E-state index < -0.39 is 12.1 Å². The van der Waals surface area contributed by atoms with Crippen LogP contribution in [0.15, 0.2) is 23.1 Å². The molecule has 1 aliphatic rings. The van der Waals surface area contributed by atoms with Crippen LogP contribution in [-0.2, 0) is 9.59 Å². The maximum atomic E-state index is 11.6. The van der Waals surface area contributed by atoms with Crippen molar-refractivity contribution in [1.82, 2.24) is 5.32 Å². The van der Waals surface area contributed by atoms with Gasteiger partial charge >= 0.3 is 5.97 Å². The van der Waals surface area contributed by atoms with Crippen LogP contribution in [0.2, 0.25) is 0 Å². The summed E-state index contributed by atoms with van der Waals surface area (Å²) >= 11 is 6.10. The average Bonchev–Trinajstić information content (AvgIpc) is 2.78. The minimum atomic E-state index is -1.07. The average molecular weight is 339 g/mol. The Labute approximate surface area is 136 Å². The summed E-state index contributed by atoms with van der Waals surface area (Å²) in [5.74, 6) is -0.610. The van der Waals surface area contributed by atoms with Gasteiger partial charge in [0.15, 0.2) is 17.6 Å². The lowest BCUT2D eigenvalue weighted by Gasteiger charge is -2.14. The first-order valence-electron chi connectivity index (χ1n) is 6.23. The number of ether oxygens (including phenoxy) is 2. The normalized spacial score (nSPS) is 17.3. The Bertz CT molecular complexity index is 671. The van der Waals surface area contributed by atoms with Gasteiger partial charge in [0.1, 0.15) is 4.32 Å². The van der Waals surface area contributed by atoms with E-state index in [1.807, 2.05) is 0 Å². The minimum Gasteiger partial charge on any atom is -0.493 e. The van der Waals surface area contributed by atoms with Crippen molar-refractivity contribution in [2.75, 3.05) is 7.11 Å². The molecular formula is C14H13NO5S2. The van der Waals surface area contributed by atoms with Gasteiger partial charge in [-0.2, -0.15) is 0 Å². The van der Waals surface area contributed by atoms with E-state index in [-0.39, 0.29) is 5.91 Å². The third-order valence-electron chi connectivity index (χ3n) is 2.78. The third kappa shape index (κ3) is 3.77. The van der Waals surface area contributed by atoms with Crippen molar-refractivity contribution < 1.29 is 24.2 Å². The molecule has 22 heavy (non-hydrogen) atoms. The summed E-state index contributed by atoms with van der Waals surface area (Å²) in [5.41, 5.74) is 0.717. The predicted molar refractivity (Wildman–Crippen MR) is 87.0 cm³/mol. The van der Waals surface area contributed by atoms with E-state index >= 15 is 0 Å². The highest BCUT2D eigenvalue weighted by atomic mass is 32.2. The molecule has 0 bridgehead atoms. The van der Waals surface area contributed by atoms with Crippen LogP contribution in [0.4, 0.5) is 0 Å². The minimum absolute atomic E-state index is 0.242. The lowest BCUT2D eigenvalue weighted by atomic mass is 10.2. The molecule has 8 heteroatoms. The number of carboxylic acid groups (broad SMARTS) is 1. The number of hydrogen-bond donors (Lipinski definition) is 2. The fourth-order valence-electron chi connectivity index (χ4n) is 1.68. The molecule has 1 heterocycles. The highest BCUT2D eigenvalue weighted by Crippen LogP contribution is 2.32. The van der Waals surface area contributed by atoms with Crippen molar-refractivity contribution in [2.24, 2.45) is 0 Å². The zero-order chi connectivity index (χ0) is 16.3. The molecule has 116 valence electrons. The van der Waals surface area contributed by atoms with Gasteiger partial charge in [-0.25, -0.2) is 4.79 Å². The Morgan fingerprint density at radius 2 is 2.18 bits per heavy atom. The standard InChI is InChI=1S/C14H13NO5S2/c1-7(13(17)18)20-9-4-3-8(5-10(9)19-2)6-11-12(16)15-14(21)22-11/h3-7H,1-2H3,(H,17,18)(H,15,16,21)/b11-6+/t7-/m0/s1. The summed E-state index contributed by atoms with van der Waals surface area (Å²) in [7, 11) is 1.46. The first kappa shape index (κ1) is 16.3. The maximum Gasteiger partial charge on any atom is 0.344 e. The number of rotatable bonds is 5. The van der Waals surface area contributed by atoms with Gasteiger partial charge in [-0.05, 0) is 30.7 Å². The molecule has 0 aromatic heterocycles. The molecule has 0 saturated carbocycles. The van der Waals surface area contributed by atoms with Gasteiger partial charge in [0, 0.05) is 0 Å². The lowest BCUT2D eigenvalue weighted by Crippen LogP contribution is -2.23. The number of benzene rings is 1. The van der Waals surface area contributed by atoms with Crippen molar-refractivity contribution in [1.29, 1.82) is 0 Å². The van der Waals surface area contributed by atoms with E-state index in [0.717, 1.165) is 5.56 Å². The monoisotopic (exact) mass is 339 g/mol. The molecule has 1 atom stereocenters. The smallest absolute Gasteiger partial charge is 0.344 e. The number of carboxylic acids is 1. The number of carbonyl (C=O) groups excluding carboxylic acids is 1. The zero-order valence-corrected chi connectivity index (χ0v) is 13.4. The summed E-state index contributed by atoms with van der Waals surface area (Å²) in [6.45, 7) is 1.43. The van der Waals surface area contributed by atoms with E-state index in [1.165, 1.54) is 25.8 Å². The van der Waals surface area contributed by atoms with E-state index in [9.17, 15) is 9.59 Å². The van der Waals surface area contributed by atoms with Crippen molar-refractivity contribution in [3.05, 3.63) is 28.7 Å². The molecule has 6 nitrogen and oxygen atoms in total. The molecule has 2 rings (SSSR count). The summed E-state index contributed by atoms with van der Waals surface area (Å²) in [4.78, 5) is 22.9. The highest BCUT2D eigenvalue weighted by molar-refractivity contribution is 8.26. The number of methoxy groups -OCH3 is 1. The van der Waals surface area contributed by atoms with E-state index in [0.29, 0.717) is 20.7 Å². The van der Waals surface area contributed by atoms with Gasteiger partial charge in [0.2, 0.25) is 0 Å². The molecule has 1 fully saturated rings. The second-order valence-corrected chi connectivity index (χ2v) is 6.08. The van der Waals surface area contributed by atoms with E-state index in [1.54, 1.807) is 24.3 Å². The first-order chi connectivity index (χ1) is 10.4. The van der Waals surface area contributed by atoms with E-state index in [2.05, 4.69) is 5.32 Å². The molecule has 0 aliphatic carbocycles. The Balaban J connectivity index is 2.26. The Morgan fingerprint density at radius 1 is 1.45 bits per heavy atom. The van der Waals surface area contributed by atoms with Crippen molar-refractivity contribution >= 4 is 46.3 Å². The molecule has 0 spiro atoms. The molecule has 1 aromatic carbocycles. The maximum absolute atomic E-state index is 11.6. The van der Waals surface area contributed by atoms with Gasteiger partial charge in [0.25, 0.3) is 5.91 Å². The Hall–Kier alpha value is -2.06. The number of nitrogens with one attached hydrogen (secondary N) is 1. The van der Waals surface area contributed by atoms with Crippen molar-refractivity contribution in [3.63, 3.8) is 0 Å². The van der Waals surface area contributed by atoms with E-state index in [4.69, 9.17) is 26.8 Å². The lowest BCUT2D eigenvalue weighted by molar-refractivity contribution is -0.144. The van der Waals surface area contributed by atoms with Crippen LogP contribution in [-0.4, -0.2) is 34.5 Å². The number of thiocarbonyl (C=S) groups is 1.